The van der Waals surface area contributed by atoms with E-state index in [-0.39, 0.29) is 5.91 Å². The average molecular weight is 376 g/mol. The monoisotopic (exact) mass is 375 g/mol. The summed E-state index contributed by atoms with van der Waals surface area (Å²) in [5.74, 6) is 0.473. The number of anilines is 1. The van der Waals surface area contributed by atoms with Crippen LogP contribution in [0.1, 0.15) is 12.5 Å². The van der Waals surface area contributed by atoms with E-state index in [0.717, 1.165) is 11.1 Å². The molecule has 2 aromatic carbocycles. The summed E-state index contributed by atoms with van der Waals surface area (Å²) in [5, 5.41) is 0.660. The average Bonchev–Trinajstić information content (AvgIpc) is 2.89. The molecule has 0 radical (unpaired) electrons. The van der Waals surface area contributed by atoms with E-state index in [2.05, 4.69) is 0 Å². The number of nitrogens with zero attached hydrogens (tertiary/aromatic N) is 1. The molecule has 2 aromatic rings. The van der Waals surface area contributed by atoms with Crippen LogP contribution >= 0.6 is 35.6 Å². The molecule has 0 atom stereocenters. The highest BCUT2D eigenvalue weighted by Gasteiger charge is 2.36. The number of hydrogen-bond acceptors (Lipinski definition) is 4. The maximum atomic E-state index is 12.9. The van der Waals surface area contributed by atoms with Gasteiger partial charge in [0.05, 0.1) is 17.7 Å². The van der Waals surface area contributed by atoms with Crippen molar-refractivity contribution in [3.8, 4) is 5.75 Å². The Balaban J connectivity index is 2.03. The van der Waals surface area contributed by atoms with E-state index in [1.165, 1.54) is 16.7 Å². The predicted molar refractivity (Wildman–Crippen MR) is 105 cm³/mol. The normalized spacial score (nSPS) is 16.5. The largest absolute Gasteiger partial charge is 0.495 e. The first-order valence-electron chi connectivity index (χ1n) is 7.19. The van der Waals surface area contributed by atoms with Gasteiger partial charge in [-0.25, -0.2) is 0 Å². The van der Waals surface area contributed by atoms with Crippen molar-refractivity contribution in [3.63, 3.8) is 0 Å². The lowest BCUT2D eigenvalue weighted by atomic mass is 10.1. The number of ether oxygens (including phenoxy) is 1. The van der Waals surface area contributed by atoms with Gasteiger partial charge in [-0.3, -0.25) is 9.69 Å². The number of carbonyl (C=O) groups excluding carboxylic acids is 1. The molecule has 1 aliphatic heterocycles. The summed E-state index contributed by atoms with van der Waals surface area (Å²) in [6.07, 6.45) is 0. The molecule has 0 spiro atoms. The van der Waals surface area contributed by atoms with Gasteiger partial charge in [-0.1, -0.05) is 59.8 Å². The highest BCUT2D eigenvalue weighted by molar-refractivity contribution is 8.27. The van der Waals surface area contributed by atoms with Gasteiger partial charge in [-0.15, -0.1) is 0 Å². The smallest absolute Gasteiger partial charge is 0.271 e. The fourth-order valence-corrected chi connectivity index (χ4v) is 3.91. The quantitative estimate of drug-likeness (QED) is 0.548. The molecule has 0 saturated carbocycles. The maximum Gasteiger partial charge on any atom is 0.271 e. The Morgan fingerprint density at radius 1 is 1.17 bits per heavy atom. The second-order valence-electron chi connectivity index (χ2n) is 5.14. The number of amides is 1. The molecule has 0 aliphatic carbocycles. The third kappa shape index (κ3) is 3.07. The second kappa shape index (κ2) is 6.97. The van der Waals surface area contributed by atoms with Crippen LogP contribution in [-0.4, -0.2) is 17.3 Å². The molecular weight excluding hydrogens is 362 g/mol. The number of hydrogen-bond donors (Lipinski definition) is 0. The van der Waals surface area contributed by atoms with Crippen molar-refractivity contribution >= 4 is 57.1 Å². The number of thiocarbonyl (C=S) groups is 1. The molecule has 0 aromatic heterocycles. The van der Waals surface area contributed by atoms with E-state index in [1.54, 1.807) is 19.2 Å². The van der Waals surface area contributed by atoms with Crippen molar-refractivity contribution in [1.82, 2.24) is 0 Å². The van der Waals surface area contributed by atoms with Crippen molar-refractivity contribution in [2.24, 2.45) is 0 Å². The van der Waals surface area contributed by atoms with Crippen molar-refractivity contribution in [3.05, 3.63) is 64.0 Å². The molecule has 3 rings (SSSR count). The number of thioether (sulfide) groups is 1. The third-order valence-corrected chi connectivity index (χ3v) is 5.44. The molecule has 0 N–H and O–H groups in total. The van der Waals surface area contributed by atoms with Crippen molar-refractivity contribution < 1.29 is 9.53 Å². The minimum Gasteiger partial charge on any atom is -0.495 e. The van der Waals surface area contributed by atoms with Gasteiger partial charge in [0.25, 0.3) is 5.91 Å². The fraction of sp³-hybridized carbons (Fsp3) is 0.111. The Bertz CT molecular complexity index is 846. The lowest BCUT2D eigenvalue weighted by Crippen LogP contribution is -2.28. The Labute approximate surface area is 155 Å². The summed E-state index contributed by atoms with van der Waals surface area (Å²) in [7, 11) is 1.57. The van der Waals surface area contributed by atoms with Crippen LogP contribution in [0.3, 0.4) is 0 Å². The zero-order valence-electron chi connectivity index (χ0n) is 13.1. The van der Waals surface area contributed by atoms with Gasteiger partial charge in [0, 0.05) is 5.02 Å². The Morgan fingerprint density at radius 2 is 1.83 bits per heavy atom. The molecule has 24 heavy (non-hydrogen) atoms. The number of rotatable bonds is 3. The topological polar surface area (TPSA) is 29.5 Å². The highest BCUT2D eigenvalue weighted by atomic mass is 35.5. The SMILES string of the molecule is COc1ccccc1N1C(=O)C(=C(C)c2ccc(Cl)cc2)SC1=S. The summed E-state index contributed by atoms with van der Waals surface area (Å²) in [4.78, 5) is 15.1. The van der Waals surface area contributed by atoms with Gasteiger partial charge in [-0.2, -0.15) is 0 Å². The minimum atomic E-state index is -0.137. The minimum absolute atomic E-state index is 0.137. The molecule has 1 aliphatic rings. The third-order valence-electron chi connectivity index (χ3n) is 3.71. The number of allylic oxidation sites excluding steroid dienone is 1. The van der Waals surface area contributed by atoms with Crippen LogP contribution < -0.4 is 9.64 Å². The Hall–Kier alpha value is -1.82. The standard InChI is InChI=1S/C18H14ClNO2S2/c1-11(12-7-9-13(19)10-8-12)16-17(21)20(18(23)24-16)14-5-3-4-6-15(14)22-2/h3-10H,1-2H3. The number of para-hydroxylation sites is 2. The highest BCUT2D eigenvalue weighted by Crippen LogP contribution is 2.41. The first-order chi connectivity index (χ1) is 11.5. The lowest BCUT2D eigenvalue weighted by Gasteiger charge is -2.17. The van der Waals surface area contributed by atoms with E-state index >= 15 is 0 Å². The Morgan fingerprint density at radius 3 is 2.50 bits per heavy atom. The van der Waals surface area contributed by atoms with Crippen molar-refractivity contribution in [2.45, 2.75) is 6.92 Å². The summed E-state index contributed by atoms with van der Waals surface area (Å²) >= 11 is 12.7. The van der Waals surface area contributed by atoms with E-state index in [4.69, 9.17) is 28.6 Å². The number of methoxy groups -OCH3 is 1. The lowest BCUT2D eigenvalue weighted by molar-refractivity contribution is -0.113. The zero-order chi connectivity index (χ0) is 17.3. The molecule has 1 heterocycles. The summed E-state index contributed by atoms with van der Waals surface area (Å²) in [6, 6.07) is 14.7. The first-order valence-corrected chi connectivity index (χ1v) is 8.79. The van der Waals surface area contributed by atoms with Crippen LogP contribution in [0, 0.1) is 0 Å². The number of halogens is 1. The van der Waals surface area contributed by atoms with Crippen molar-refractivity contribution in [1.29, 1.82) is 0 Å². The summed E-state index contributed by atoms with van der Waals surface area (Å²) < 4.78 is 5.85. The van der Waals surface area contributed by atoms with Gasteiger partial charge in [0.15, 0.2) is 4.32 Å². The molecule has 122 valence electrons. The zero-order valence-corrected chi connectivity index (χ0v) is 15.5. The number of benzene rings is 2. The fourth-order valence-electron chi connectivity index (χ4n) is 2.45. The van der Waals surface area contributed by atoms with Crippen LogP contribution in [0.15, 0.2) is 53.4 Å². The van der Waals surface area contributed by atoms with Crippen LogP contribution in [-0.2, 0) is 4.79 Å². The van der Waals surface area contributed by atoms with Gasteiger partial charge in [-0.05, 0) is 42.3 Å². The van der Waals surface area contributed by atoms with E-state index in [0.29, 0.717) is 25.7 Å². The van der Waals surface area contributed by atoms with Crippen LogP contribution in [0.2, 0.25) is 5.02 Å². The van der Waals surface area contributed by atoms with Crippen LogP contribution in [0.4, 0.5) is 5.69 Å². The predicted octanol–water partition coefficient (Wildman–Crippen LogP) is 5.14. The van der Waals surface area contributed by atoms with E-state index in [9.17, 15) is 4.79 Å². The molecule has 3 nitrogen and oxygen atoms in total. The van der Waals surface area contributed by atoms with Crippen LogP contribution in [0.5, 0.6) is 5.75 Å². The molecule has 6 heteroatoms. The van der Waals surface area contributed by atoms with E-state index < -0.39 is 0 Å². The van der Waals surface area contributed by atoms with Crippen LogP contribution in [0.25, 0.3) is 5.57 Å². The summed E-state index contributed by atoms with van der Waals surface area (Å²) in [6.45, 7) is 1.91. The molecule has 0 bridgehead atoms. The number of carbonyl (C=O) groups is 1. The summed E-state index contributed by atoms with van der Waals surface area (Å²) in [5.41, 5.74) is 2.47. The van der Waals surface area contributed by atoms with Crippen molar-refractivity contribution in [2.75, 3.05) is 12.0 Å². The molecular formula is C18H14ClNO2S2. The van der Waals surface area contributed by atoms with Gasteiger partial charge < -0.3 is 4.74 Å². The van der Waals surface area contributed by atoms with Gasteiger partial charge in [0.2, 0.25) is 0 Å². The second-order valence-corrected chi connectivity index (χ2v) is 7.22. The Kier molecular flexibility index (Phi) is 4.94. The molecule has 0 unspecified atom stereocenters. The molecule has 1 saturated heterocycles. The van der Waals surface area contributed by atoms with Gasteiger partial charge >= 0.3 is 0 Å². The van der Waals surface area contributed by atoms with E-state index in [1.807, 2.05) is 43.3 Å². The maximum absolute atomic E-state index is 12.9. The molecule has 1 amide bonds. The molecule has 1 fully saturated rings. The first kappa shape index (κ1) is 17.0. The van der Waals surface area contributed by atoms with Gasteiger partial charge in [0.1, 0.15) is 5.75 Å².